The van der Waals surface area contributed by atoms with Gasteiger partial charge in [0.25, 0.3) is 0 Å². The first-order chi connectivity index (χ1) is 13.7. The summed E-state index contributed by atoms with van der Waals surface area (Å²) in [5, 5.41) is 6.21. The first kappa shape index (κ1) is 22.9. The molecule has 1 aliphatic heterocycles. The number of carbonyl (C=O) groups is 1. The van der Waals surface area contributed by atoms with Gasteiger partial charge in [0.05, 0.1) is 6.54 Å². The van der Waals surface area contributed by atoms with Crippen molar-refractivity contribution in [2.24, 2.45) is 4.99 Å². The van der Waals surface area contributed by atoms with E-state index in [1.807, 2.05) is 42.6 Å². The molecule has 2 aromatic rings. The Labute approximate surface area is 189 Å². The number of pyridine rings is 1. The maximum Gasteiger partial charge on any atom is 0.221 e. The third kappa shape index (κ3) is 6.88. The lowest BCUT2D eigenvalue weighted by molar-refractivity contribution is -0.114. The molecule has 1 aliphatic rings. The first-order valence-electron chi connectivity index (χ1n) is 9.71. The molecule has 1 amide bonds. The molecule has 1 aromatic carbocycles. The van der Waals surface area contributed by atoms with E-state index in [0.29, 0.717) is 6.54 Å². The Bertz CT molecular complexity index is 806. The third-order valence-corrected chi connectivity index (χ3v) is 4.55. The molecule has 8 heteroatoms. The third-order valence-electron chi connectivity index (χ3n) is 4.55. The average Bonchev–Trinajstić information content (AvgIpc) is 2.72. The number of aromatic nitrogens is 1. The maximum atomic E-state index is 11.2. The molecular formula is C21H29IN6O. The van der Waals surface area contributed by atoms with Gasteiger partial charge in [0.15, 0.2) is 5.96 Å². The molecule has 1 aromatic heterocycles. The van der Waals surface area contributed by atoms with E-state index >= 15 is 0 Å². The number of rotatable bonds is 5. The molecule has 0 radical (unpaired) electrons. The Kier molecular flexibility index (Phi) is 9.17. The van der Waals surface area contributed by atoms with Gasteiger partial charge in [-0.3, -0.25) is 4.79 Å². The van der Waals surface area contributed by atoms with E-state index in [0.717, 1.165) is 55.8 Å². The molecule has 1 fully saturated rings. The van der Waals surface area contributed by atoms with Crippen molar-refractivity contribution in [3.05, 3.63) is 54.2 Å². The van der Waals surface area contributed by atoms with E-state index in [1.165, 1.54) is 6.92 Å². The quantitative estimate of drug-likeness (QED) is 0.369. The van der Waals surface area contributed by atoms with Crippen molar-refractivity contribution >= 4 is 47.3 Å². The van der Waals surface area contributed by atoms with Gasteiger partial charge in [0, 0.05) is 51.5 Å². The van der Waals surface area contributed by atoms with Gasteiger partial charge in [0.1, 0.15) is 5.82 Å². The largest absolute Gasteiger partial charge is 0.357 e. The molecular weight excluding hydrogens is 479 g/mol. The number of hydrogen-bond acceptors (Lipinski definition) is 4. The summed E-state index contributed by atoms with van der Waals surface area (Å²) in [6.45, 7) is 8.61. The van der Waals surface area contributed by atoms with Crippen molar-refractivity contribution in [3.63, 3.8) is 0 Å². The molecule has 2 N–H and O–H groups in total. The van der Waals surface area contributed by atoms with Gasteiger partial charge >= 0.3 is 0 Å². The van der Waals surface area contributed by atoms with Crippen LogP contribution in [0.2, 0.25) is 0 Å². The second kappa shape index (κ2) is 11.6. The van der Waals surface area contributed by atoms with Crippen LogP contribution in [0.1, 0.15) is 19.4 Å². The number of anilines is 2. The van der Waals surface area contributed by atoms with Crippen LogP contribution < -0.4 is 15.5 Å². The Hall–Kier alpha value is -2.36. The molecule has 0 spiro atoms. The van der Waals surface area contributed by atoms with Gasteiger partial charge in [0.2, 0.25) is 5.91 Å². The average molecular weight is 508 g/mol. The van der Waals surface area contributed by atoms with Gasteiger partial charge < -0.3 is 20.4 Å². The zero-order chi connectivity index (χ0) is 19.8. The summed E-state index contributed by atoms with van der Waals surface area (Å²) in [5.41, 5.74) is 1.86. The highest BCUT2D eigenvalue weighted by Gasteiger charge is 2.20. The lowest BCUT2D eigenvalue weighted by atomic mass is 10.2. The molecule has 0 aliphatic carbocycles. The predicted octanol–water partition coefficient (Wildman–Crippen LogP) is 2.95. The van der Waals surface area contributed by atoms with Crippen LogP contribution in [0.3, 0.4) is 0 Å². The van der Waals surface area contributed by atoms with Crippen molar-refractivity contribution in [2.45, 2.75) is 20.4 Å². The number of piperazine rings is 1. The molecule has 0 atom stereocenters. The second-order valence-electron chi connectivity index (χ2n) is 6.71. The molecule has 0 unspecified atom stereocenters. The van der Waals surface area contributed by atoms with Crippen molar-refractivity contribution in [1.29, 1.82) is 0 Å². The number of guanidine groups is 1. The van der Waals surface area contributed by atoms with Crippen LogP contribution in [0.5, 0.6) is 0 Å². The number of aliphatic imine (C=N–C) groups is 1. The van der Waals surface area contributed by atoms with Crippen LogP contribution in [0.15, 0.2) is 53.7 Å². The van der Waals surface area contributed by atoms with Crippen molar-refractivity contribution in [1.82, 2.24) is 15.2 Å². The molecule has 2 heterocycles. The summed E-state index contributed by atoms with van der Waals surface area (Å²) in [5.74, 6) is 1.88. The monoisotopic (exact) mass is 508 g/mol. The summed E-state index contributed by atoms with van der Waals surface area (Å²) < 4.78 is 0. The smallest absolute Gasteiger partial charge is 0.221 e. The van der Waals surface area contributed by atoms with Crippen LogP contribution in [-0.4, -0.2) is 54.5 Å². The van der Waals surface area contributed by atoms with E-state index in [4.69, 9.17) is 4.99 Å². The first-order valence-corrected chi connectivity index (χ1v) is 9.71. The minimum atomic E-state index is -0.0697. The van der Waals surface area contributed by atoms with E-state index in [1.54, 1.807) is 0 Å². The standard InChI is InChI=1S/C21H28N6O.HI/c1-3-22-21(24-16-18-7-6-8-19(15-18)25-17(2)28)27-13-11-26(12-14-27)20-9-4-5-10-23-20;/h4-10,15H,3,11-14,16H2,1-2H3,(H,22,24)(H,25,28);1H. The molecule has 29 heavy (non-hydrogen) atoms. The summed E-state index contributed by atoms with van der Waals surface area (Å²) in [7, 11) is 0. The highest BCUT2D eigenvalue weighted by atomic mass is 127. The number of hydrogen-bond donors (Lipinski definition) is 2. The van der Waals surface area contributed by atoms with Crippen molar-refractivity contribution in [2.75, 3.05) is 42.9 Å². The number of halogens is 1. The van der Waals surface area contributed by atoms with Crippen LogP contribution in [0.25, 0.3) is 0 Å². The van der Waals surface area contributed by atoms with Crippen molar-refractivity contribution < 1.29 is 4.79 Å². The molecule has 7 nitrogen and oxygen atoms in total. The van der Waals surface area contributed by atoms with Crippen molar-refractivity contribution in [3.8, 4) is 0 Å². The molecule has 0 bridgehead atoms. The molecule has 3 rings (SSSR count). The van der Waals surface area contributed by atoms with Crippen LogP contribution >= 0.6 is 24.0 Å². The fourth-order valence-corrected chi connectivity index (χ4v) is 3.23. The summed E-state index contributed by atoms with van der Waals surface area (Å²) in [4.78, 5) is 25.1. The van der Waals surface area contributed by atoms with E-state index in [9.17, 15) is 4.79 Å². The van der Waals surface area contributed by atoms with Crippen LogP contribution in [-0.2, 0) is 11.3 Å². The normalized spacial score (nSPS) is 14.2. The van der Waals surface area contributed by atoms with E-state index in [2.05, 4.69) is 38.4 Å². The Balaban J connectivity index is 0.00000300. The fraction of sp³-hybridized carbons (Fsp3) is 0.381. The SMILES string of the molecule is CCNC(=NCc1cccc(NC(C)=O)c1)N1CCN(c2ccccn2)CC1.I. The number of amides is 1. The molecule has 156 valence electrons. The highest BCUT2D eigenvalue weighted by molar-refractivity contribution is 14.0. The fourth-order valence-electron chi connectivity index (χ4n) is 3.23. The van der Waals surface area contributed by atoms with Crippen LogP contribution in [0.4, 0.5) is 11.5 Å². The maximum absolute atomic E-state index is 11.2. The lowest BCUT2D eigenvalue weighted by Gasteiger charge is -2.37. The Morgan fingerprint density at radius 3 is 2.59 bits per heavy atom. The highest BCUT2D eigenvalue weighted by Crippen LogP contribution is 2.14. The minimum absolute atomic E-state index is 0. The number of nitrogens with zero attached hydrogens (tertiary/aromatic N) is 4. The van der Waals surface area contributed by atoms with E-state index < -0.39 is 0 Å². The van der Waals surface area contributed by atoms with Gasteiger partial charge in [-0.05, 0) is 36.8 Å². The molecule has 1 saturated heterocycles. The number of benzene rings is 1. The zero-order valence-electron chi connectivity index (χ0n) is 17.0. The summed E-state index contributed by atoms with van der Waals surface area (Å²) in [6, 6.07) is 13.8. The van der Waals surface area contributed by atoms with E-state index in [-0.39, 0.29) is 29.9 Å². The topological polar surface area (TPSA) is 72.9 Å². The zero-order valence-corrected chi connectivity index (χ0v) is 19.3. The summed E-state index contributed by atoms with van der Waals surface area (Å²) in [6.07, 6.45) is 1.84. The minimum Gasteiger partial charge on any atom is -0.357 e. The van der Waals surface area contributed by atoms with Gasteiger partial charge in [-0.2, -0.15) is 0 Å². The predicted molar refractivity (Wildman–Crippen MR) is 129 cm³/mol. The number of nitrogens with one attached hydrogen (secondary N) is 2. The summed E-state index contributed by atoms with van der Waals surface area (Å²) >= 11 is 0. The molecule has 0 saturated carbocycles. The van der Waals surface area contributed by atoms with Gasteiger partial charge in [-0.25, -0.2) is 9.98 Å². The number of carbonyl (C=O) groups excluding carboxylic acids is 1. The Morgan fingerprint density at radius 2 is 1.93 bits per heavy atom. The lowest BCUT2D eigenvalue weighted by Crippen LogP contribution is -2.52. The van der Waals surface area contributed by atoms with Gasteiger partial charge in [-0.15, -0.1) is 24.0 Å². The second-order valence-corrected chi connectivity index (χ2v) is 6.71. The van der Waals surface area contributed by atoms with Crippen LogP contribution in [0, 0.1) is 0 Å². The van der Waals surface area contributed by atoms with Gasteiger partial charge in [-0.1, -0.05) is 18.2 Å². The Morgan fingerprint density at radius 1 is 1.14 bits per heavy atom.